The zero-order chi connectivity index (χ0) is 14.5. The molecule has 0 aliphatic heterocycles. The fourth-order valence-corrected chi connectivity index (χ4v) is 2.46. The van der Waals surface area contributed by atoms with Crippen molar-refractivity contribution in [3.8, 4) is 5.75 Å². The topological polar surface area (TPSA) is 47.3 Å². The third-order valence-electron chi connectivity index (χ3n) is 3.17. The molecule has 0 saturated heterocycles. The summed E-state index contributed by atoms with van der Waals surface area (Å²) >= 11 is 3.27. The fourth-order valence-electron chi connectivity index (χ4n) is 2.04. The van der Waals surface area contributed by atoms with Gasteiger partial charge in [0, 0.05) is 0 Å². The Morgan fingerprint density at radius 3 is 2.55 bits per heavy atom. The largest absolute Gasteiger partial charge is 0.497 e. The predicted octanol–water partition coefficient (Wildman–Crippen LogP) is 3.34. The molecule has 1 atom stereocenters. The second-order valence-electron chi connectivity index (χ2n) is 4.41. The van der Waals surface area contributed by atoms with Gasteiger partial charge in [-0.15, -0.1) is 0 Å². The van der Waals surface area contributed by atoms with Gasteiger partial charge in [-0.2, -0.15) is 0 Å². The predicted molar refractivity (Wildman–Crippen MR) is 80.9 cm³/mol. The fraction of sp³-hybridized carbons (Fsp3) is 0.200. The van der Waals surface area contributed by atoms with Crippen molar-refractivity contribution in [2.75, 3.05) is 7.11 Å². The van der Waals surface area contributed by atoms with Gasteiger partial charge < -0.3 is 4.74 Å². The van der Waals surface area contributed by atoms with Crippen LogP contribution < -0.4 is 16.0 Å². The van der Waals surface area contributed by atoms with Crippen LogP contribution in [0.4, 0.5) is 4.39 Å². The molecule has 2 aromatic carbocycles. The number of hydrogen-bond acceptors (Lipinski definition) is 3. The normalized spacial score (nSPS) is 12.2. The van der Waals surface area contributed by atoms with Crippen LogP contribution in [0.25, 0.3) is 0 Å². The third-order valence-corrected chi connectivity index (χ3v) is 4.06. The van der Waals surface area contributed by atoms with Gasteiger partial charge in [0.1, 0.15) is 11.6 Å². The zero-order valence-corrected chi connectivity index (χ0v) is 12.7. The molecule has 0 aliphatic carbocycles. The molecule has 1 unspecified atom stereocenters. The lowest BCUT2D eigenvalue weighted by Gasteiger charge is -2.17. The van der Waals surface area contributed by atoms with E-state index < -0.39 is 0 Å². The molecule has 0 aromatic heterocycles. The SMILES string of the molecule is COc1ccc(C(Cc2cccc(F)c2Br)NN)cc1. The Morgan fingerprint density at radius 1 is 1.25 bits per heavy atom. The summed E-state index contributed by atoms with van der Waals surface area (Å²) in [6.07, 6.45) is 0.584. The zero-order valence-electron chi connectivity index (χ0n) is 11.1. The van der Waals surface area contributed by atoms with Crippen LogP contribution in [0.1, 0.15) is 17.2 Å². The maximum Gasteiger partial charge on any atom is 0.137 e. The molecule has 2 aromatic rings. The third kappa shape index (κ3) is 3.36. The molecule has 0 radical (unpaired) electrons. The molecule has 0 heterocycles. The van der Waals surface area contributed by atoms with Crippen molar-refractivity contribution < 1.29 is 9.13 Å². The van der Waals surface area contributed by atoms with E-state index in [0.29, 0.717) is 10.9 Å². The van der Waals surface area contributed by atoms with Gasteiger partial charge in [-0.05, 0) is 51.7 Å². The van der Waals surface area contributed by atoms with Crippen molar-refractivity contribution in [2.45, 2.75) is 12.5 Å². The molecule has 3 nitrogen and oxygen atoms in total. The minimum absolute atomic E-state index is 0.0981. The molecular weight excluding hydrogens is 323 g/mol. The van der Waals surface area contributed by atoms with E-state index in [2.05, 4.69) is 21.4 Å². The summed E-state index contributed by atoms with van der Waals surface area (Å²) in [4.78, 5) is 0. The lowest BCUT2D eigenvalue weighted by Crippen LogP contribution is -2.29. The van der Waals surface area contributed by atoms with E-state index in [0.717, 1.165) is 16.9 Å². The van der Waals surface area contributed by atoms with Gasteiger partial charge in [0.25, 0.3) is 0 Å². The number of halogens is 2. The first-order chi connectivity index (χ1) is 9.65. The molecule has 0 saturated carbocycles. The van der Waals surface area contributed by atoms with Crippen LogP contribution in [-0.2, 0) is 6.42 Å². The molecule has 106 valence electrons. The van der Waals surface area contributed by atoms with Crippen LogP contribution in [0, 0.1) is 5.82 Å². The number of nitrogens with two attached hydrogens (primary N) is 1. The highest BCUT2D eigenvalue weighted by atomic mass is 79.9. The van der Waals surface area contributed by atoms with Gasteiger partial charge in [0.15, 0.2) is 0 Å². The molecule has 0 amide bonds. The van der Waals surface area contributed by atoms with Crippen LogP contribution in [0.15, 0.2) is 46.9 Å². The van der Waals surface area contributed by atoms with E-state index in [-0.39, 0.29) is 11.9 Å². The second kappa shape index (κ2) is 6.83. The first-order valence-corrected chi connectivity index (χ1v) is 6.98. The van der Waals surface area contributed by atoms with E-state index >= 15 is 0 Å². The number of hydrazine groups is 1. The Bertz CT molecular complexity index is 575. The number of rotatable bonds is 5. The highest BCUT2D eigenvalue weighted by Gasteiger charge is 2.14. The van der Waals surface area contributed by atoms with Crippen LogP contribution in [0.2, 0.25) is 0 Å². The van der Waals surface area contributed by atoms with Gasteiger partial charge in [0.05, 0.1) is 17.6 Å². The maximum atomic E-state index is 13.5. The molecule has 0 fully saturated rings. The van der Waals surface area contributed by atoms with E-state index in [1.807, 2.05) is 30.3 Å². The lowest BCUT2D eigenvalue weighted by atomic mass is 9.99. The van der Waals surface area contributed by atoms with Crippen LogP contribution >= 0.6 is 15.9 Å². The molecule has 5 heteroatoms. The summed E-state index contributed by atoms with van der Waals surface area (Å²) in [6.45, 7) is 0. The highest BCUT2D eigenvalue weighted by molar-refractivity contribution is 9.10. The molecule has 20 heavy (non-hydrogen) atoms. The first kappa shape index (κ1) is 15.0. The highest BCUT2D eigenvalue weighted by Crippen LogP contribution is 2.26. The van der Waals surface area contributed by atoms with Crippen LogP contribution in [-0.4, -0.2) is 7.11 Å². The summed E-state index contributed by atoms with van der Waals surface area (Å²) < 4.78 is 19.1. The quantitative estimate of drug-likeness (QED) is 0.649. The van der Waals surface area contributed by atoms with Crippen LogP contribution in [0.3, 0.4) is 0 Å². The Hall–Kier alpha value is -1.43. The maximum absolute atomic E-state index is 13.5. The summed E-state index contributed by atoms with van der Waals surface area (Å²) in [5.74, 6) is 6.14. The molecule has 0 bridgehead atoms. The van der Waals surface area contributed by atoms with Crippen molar-refractivity contribution >= 4 is 15.9 Å². The summed E-state index contributed by atoms with van der Waals surface area (Å²) in [5, 5.41) is 0. The van der Waals surface area contributed by atoms with Crippen molar-refractivity contribution in [1.29, 1.82) is 0 Å². The van der Waals surface area contributed by atoms with Gasteiger partial charge in [-0.25, -0.2) is 4.39 Å². The van der Waals surface area contributed by atoms with E-state index in [1.54, 1.807) is 13.2 Å². The Labute approximate surface area is 126 Å². The first-order valence-electron chi connectivity index (χ1n) is 6.18. The molecular formula is C15H16BrFN2O. The molecule has 3 N–H and O–H groups in total. The monoisotopic (exact) mass is 338 g/mol. The Morgan fingerprint density at radius 2 is 1.95 bits per heavy atom. The minimum Gasteiger partial charge on any atom is -0.497 e. The van der Waals surface area contributed by atoms with Crippen molar-refractivity contribution in [3.05, 3.63) is 63.9 Å². The van der Waals surface area contributed by atoms with E-state index in [4.69, 9.17) is 10.6 Å². The second-order valence-corrected chi connectivity index (χ2v) is 5.20. The average molecular weight is 339 g/mol. The summed E-state index contributed by atoms with van der Waals surface area (Å²) in [5.41, 5.74) is 4.65. The number of benzene rings is 2. The molecule has 0 spiro atoms. The van der Waals surface area contributed by atoms with Gasteiger partial charge >= 0.3 is 0 Å². The van der Waals surface area contributed by atoms with Gasteiger partial charge in [-0.3, -0.25) is 11.3 Å². The smallest absolute Gasteiger partial charge is 0.137 e. The lowest BCUT2D eigenvalue weighted by molar-refractivity contribution is 0.414. The van der Waals surface area contributed by atoms with Gasteiger partial charge in [0.2, 0.25) is 0 Å². The average Bonchev–Trinajstić information content (AvgIpc) is 2.49. The van der Waals surface area contributed by atoms with Crippen LogP contribution in [0.5, 0.6) is 5.75 Å². The van der Waals surface area contributed by atoms with Gasteiger partial charge in [-0.1, -0.05) is 24.3 Å². The number of methoxy groups -OCH3 is 1. The Balaban J connectivity index is 2.21. The van der Waals surface area contributed by atoms with Crippen molar-refractivity contribution in [3.63, 3.8) is 0 Å². The minimum atomic E-state index is -0.270. The Kier molecular flexibility index (Phi) is 5.11. The van der Waals surface area contributed by atoms with E-state index in [9.17, 15) is 4.39 Å². The number of ether oxygens (including phenoxy) is 1. The molecule has 2 rings (SSSR count). The van der Waals surface area contributed by atoms with Crippen molar-refractivity contribution in [2.24, 2.45) is 5.84 Å². The number of hydrogen-bond donors (Lipinski definition) is 2. The number of nitrogens with one attached hydrogen (secondary N) is 1. The summed E-state index contributed by atoms with van der Waals surface area (Å²) in [6, 6.07) is 12.5. The standard InChI is InChI=1S/C15H16BrFN2O/c1-20-12-7-5-10(6-8-12)14(19-18)9-11-3-2-4-13(17)15(11)16/h2-8,14,19H,9,18H2,1H3. The van der Waals surface area contributed by atoms with E-state index in [1.165, 1.54) is 6.07 Å². The van der Waals surface area contributed by atoms with Crippen molar-refractivity contribution in [1.82, 2.24) is 5.43 Å². The molecule has 0 aliphatic rings. The summed E-state index contributed by atoms with van der Waals surface area (Å²) in [7, 11) is 1.62.